The molecule has 0 aliphatic rings. The molecule has 0 atom stereocenters. The van der Waals surface area contributed by atoms with Crippen molar-refractivity contribution >= 4 is 21.5 Å². The second-order valence-corrected chi connectivity index (χ2v) is 6.71. The van der Waals surface area contributed by atoms with E-state index in [4.69, 9.17) is 4.55 Å². The molecule has 0 spiro atoms. The van der Waals surface area contributed by atoms with Gasteiger partial charge in [-0.15, -0.1) is 11.3 Å². The van der Waals surface area contributed by atoms with Gasteiger partial charge in [-0.05, 0) is 44.7 Å². The van der Waals surface area contributed by atoms with Gasteiger partial charge in [-0.3, -0.25) is 4.55 Å². The van der Waals surface area contributed by atoms with E-state index in [1.807, 2.05) is 0 Å². The second kappa shape index (κ2) is 5.09. The fourth-order valence-electron chi connectivity index (χ4n) is 1.53. The summed E-state index contributed by atoms with van der Waals surface area (Å²) in [5.41, 5.74) is 1.30. The number of hydrogen-bond acceptors (Lipinski definition) is 3. The van der Waals surface area contributed by atoms with Gasteiger partial charge in [0.15, 0.2) is 0 Å². The number of aryl methyl sites for hydroxylation is 3. The molecule has 15 heavy (non-hydrogen) atoms. The lowest BCUT2D eigenvalue weighted by Gasteiger charge is -1.99. The standard InChI is InChI=1S/C10H16O3S2/c1-8-7-10(9(2)14-8)5-3-4-6-15(11,12)13/h7H,3-6H2,1-2H3,(H,11,12,13). The number of unbranched alkanes of at least 4 members (excludes halogenated alkanes) is 1. The van der Waals surface area contributed by atoms with Crippen molar-refractivity contribution < 1.29 is 13.0 Å². The van der Waals surface area contributed by atoms with Gasteiger partial charge in [0.2, 0.25) is 0 Å². The summed E-state index contributed by atoms with van der Waals surface area (Å²) in [5.74, 6) is -0.130. The molecule has 0 saturated carbocycles. The quantitative estimate of drug-likeness (QED) is 0.643. The Balaban J connectivity index is 2.35. The van der Waals surface area contributed by atoms with Crippen LogP contribution in [-0.4, -0.2) is 18.7 Å². The van der Waals surface area contributed by atoms with Gasteiger partial charge in [0.1, 0.15) is 0 Å². The molecule has 5 heteroatoms. The van der Waals surface area contributed by atoms with Crippen LogP contribution in [0.1, 0.15) is 28.2 Å². The van der Waals surface area contributed by atoms with Crippen LogP contribution in [0.25, 0.3) is 0 Å². The van der Waals surface area contributed by atoms with Crippen molar-refractivity contribution in [3.63, 3.8) is 0 Å². The molecule has 3 nitrogen and oxygen atoms in total. The minimum absolute atomic E-state index is 0.130. The van der Waals surface area contributed by atoms with Crippen molar-refractivity contribution in [1.29, 1.82) is 0 Å². The van der Waals surface area contributed by atoms with Crippen molar-refractivity contribution in [2.45, 2.75) is 33.1 Å². The van der Waals surface area contributed by atoms with Crippen LogP contribution in [0.15, 0.2) is 6.07 Å². The Kier molecular flexibility index (Phi) is 4.31. The van der Waals surface area contributed by atoms with Crippen LogP contribution >= 0.6 is 11.3 Å². The van der Waals surface area contributed by atoms with Crippen LogP contribution in [0.4, 0.5) is 0 Å². The fourth-order valence-corrected chi connectivity index (χ4v) is 3.08. The topological polar surface area (TPSA) is 54.4 Å². The molecular weight excluding hydrogens is 232 g/mol. The van der Waals surface area contributed by atoms with Crippen LogP contribution in [0, 0.1) is 13.8 Å². The third-order valence-corrected chi connectivity index (χ3v) is 4.05. The van der Waals surface area contributed by atoms with E-state index < -0.39 is 10.1 Å². The van der Waals surface area contributed by atoms with E-state index in [2.05, 4.69) is 19.9 Å². The molecule has 1 N–H and O–H groups in total. The van der Waals surface area contributed by atoms with Crippen LogP contribution in [0.3, 0.4) is 0 Å². The van der Waals surface area contributed by atoms with Crippen molar-refractivity contribution in [3.8, 4) is 0 Å². The van der Waals surface area contributed by atoms with E-state index >= 15 is 0 Å². The van der Waals surface area contributed by atoms with Crippen molar-refractivity contribution in [2.75, 3.05) is 5.75 Å². The Hall–Kier alpha value is -0.390. The second-order valence-electron chi connectivity index (χ2n) is 3.68. The van der Waals surface area contributed by atoms with Gasteiger partial charge in [0.05, 0.1) is 5.75 Å². The first kappa shape index (κ1) is 12.7. The molecule has 1 heterocycles. The van der Waals surface area contributed by atoms with Gasteiger partial charge in [-0.1, -0.05) is 0 Å². The summed E-state index contributed by atoms with van der Waals surface area (Å²) in [6, 6.07) is 2.15. The molecule has 0 amide bonds. The number of thiophene rings is 1. The fraction of sp³-hybridized carbons (Fsp3) is 0.600. The highest BCUT2D eigenvalue weighted by Crippen LogP contribution is 2.22. The largest absolute Gasteiger partial charge is 0.286 e. The van der Waals surface area contributed by atoms with Crippen LogP contribution in [0.2, 0.25) is 0 Å². The average Bonchev–Trinajstić information content (AvgIpc) is 2.37. The number of rotatable bonds is 5. The molecule has 0 bridgehead atoms. The zero-order valence-corrected chi connectivity index (χ0v) is 10.6. The Morgan fingerprint density at radius 1 is 1.33 bits per heavy atom. The summed E-state index contributed by atoms with van der Waals surface area (Å²) in [4.78, 5) is 2.59. The molecule has 1 aromatic heterocycles. The summed E-state index contributed by atoms with van der Waals surface area (Å²) in [6.45, 7) is 4.15. The zero-order chi connectivity index (χ0) is 11.5. The van der Waals surface area contributed by atoms with Crippen LogP contribution < -0.4 is 0 Å². The third kappa shape index (κ3) is 4.77. The molecular formula is C10H16O3S2. The maximum Gasteiger partial charge on any atom is 0.264 e. The maximum absolute atomic E-state index is 10.5. The Morgan fingerprint density at radius 2 is 2.00 bits per heavy atom. The van der Waals surface area contributed by atoms with Gasteiger partial charge in [-0.2, -0.15) is 8.42 Å². The first-order chi connectivity index (χ1) is 6.88. The lowest BCUT2D eigenvalue weighted by Crippen LogP contribution is -2.03. The highest BCUT2D eigenvalue weighted by atomic mass is 32.2. The molecule has 0 aliphatic heterocycles. The van der Waals surface area contributed by atoms with E-state index in [9.17, 15) is 8.42 Å². The summed E-state index contributed by atoms with van der Waals surface area (Å²) < 4.78 is 29.5. The normalized spacial score (nSPS) is 11.9. The number of hydrogen-bond donors (Lipinski definition) is 1. The molecule has 0 unspecified atom stereocenters. The van der Waals surface area contributed by atoms with Gasteiger partial charge in [0.25, 0.3) is 10.1 Å². The van der Waals surface area contributed by atoms with Crippen molar-refractivity contribution in [2.24, 2.45) is 0 Å². The first-order valence-electron chi connectivity index (χ1n) is 4.89. The van der Waals surface area contributed by atoms with Gasteiger partial charge in [-0.25, -0.2) is 0 Å². The Bertz CT molecular complexity index is 418. The summed E-state index contributed by atoms with van der Waals surface area (Å²) in [7, 11) is -3.78. The molecule has 86 valence electrons. The van der Waals surface area contributed by atoms with Crippen LogP contribution in [-0.2, 0) is 16.5 Å². The summed E-state index contributed by atoms with van der Waals surface area (Å²) in [6.07, 6.45) is 2.22. The monoisotopic (exact) mass is 248 g/mol. The molecule has 0 fully saturated rings. The predicted octanol–water partition coefficient (Wildman–Crippen LogP) is 2.58. The maximum atomic E-state index is 10.5. The third-order valence-electron chi connectivity index (χ3n) is 2.24. The molecule has 0 saturated heterocycles. The molecule has 0 radical (unpaired) electrons. The van der Waals surface area contributed by atoms with Crippen molar-refractivity contribution in [3.05, 3.63) is 21.4 Å². The van der Waals surface area contributed by atoms with Crippen molar-refractivity contribution in [1.82, 2.24) is 0 Å². The Morgan fingerprint density at radius 3 is 2.47 bits per heavy atom. The highest BCUT2D eigenvalue weighted by molar-refractivity contribution is 7.85. The van der Waals surface area contributed by atoms with E-state index in [1.165, 1.54) is 15.3 Å². The van der Waals surface area contributed by atoms with Gasteiger partial charge in [0, 0.05) is 9.75 Å². The van der Waals surface area contributed by atoms with E-state index in [1.54, 1.807) is 11.3 Å². The van der Waals surface area contributed by atoms with E-state index in [0.717, 1.165) is 12.8 Å². The minimum Gasteiger partial charge on any atom is -0.286 e. The summed E-state index contributed by atoms with van der Waals surface area (Å²) in [5, 5.41) is 0. The molecule has 0 aliphatic carbocycles. The molecule has 1 aromatic rings. The smallest absolute Gasteiger partial charge is 0.264 e. The Labute approximate surface area is 94.9 Å². The van der Waals surface area contributed by atoms with E-state index in [-0.39, 0.29) is 5.75 Å². The first-order valence-corrected chi connectivity index (χ1v) is 7.32. The molecule has 1 rings (SSSR count). The lowest BCUT2D eigenvalue weighted by molar-refractivity contribution is 0.480. The molecule has 0 aromatic carbocycles. The van der Waals surface area contributed by atoms with Gasteiger partial charge >= 0.3 is 0 Å². The minimum atomic E-state index is -3.78. The summed E-state index contributed by atoms with van der Waals surface area (Å²) >= 11 is 1.77. The average molecular weight is 248 g/mol. The zero-order valence-electron chi connectivity index (χ0n) is 8.99. The van der Waals surface area contributed by atoms with E-state index in [0.29, 0.717) is 6.42 Å². The SMILES string of the molecule is Cc1cc(CCCCS(=O)(=O)O)c(C)s1. The predicted molar refractivity (Wildman–Crippen MR) is 63.1 cm³/mol. The van der Waals surface area contributed by atoms with Crippen LogP contribution in [0.5, 0.6) is 0 Å². The highest BCUT2D eigenvalue weighted by Gasteiger charge is 2.05. The van der Waals surface area contributed by atoms with Gasteiger partial charge < -0.3 is 0 Å². The lowest BCUT2D eigenvalue weighted by atomic mass is 10.1.